The summed E-state index contributed by atoms with van der Waals surface area (Å²) >= 11 is 0. The molecule has 1 saturated heterocycles. The highest BCUT2D eigenvalue weighted by atomic mass is 16.5. The number of amides is 1. The van der Waals surface area contributed by atoms with Gasteiger partial charge >= 0.3 is 5.97 Å². The van der Waals surface area contributed by atoms with E-state index in [0.717, 1.165) is 24.0 Å². The van der Waals surface area contributed by atoms with Gasteiger partial charge in [0.25, 0.3) is 0 Å². The number of carbonyl (C=O) groups is 2. The molecule has 0 radical (unpaired) electrons. The number of aromatic carboxylic acids is 1. The molecule has 1 aromatic carbocycles. The molecule has 1 aliphatic heterocycles. The summed E-state index contributed by atoms with van der Waals surface area (Å²) in [6.45, 7) is 2.95. The van der Waals surface area contributed by atoms with E-state index in [2.05, 4.69) is 10.2 Å². The topological polar surface area (TPSA) is 95.5 Å². The van der Waals surface area contributed by atoms with Crippen molar-refractivity contribution in [3.8, 4) is 0 Å². The highest BCUT2D eigenvalue weighted by Crippen LogP contribution is 2.31. The van der Waals surface area contributed by atoms with E-state index >= 15 is 0 Å². The Morgan fingerprint density at radius 2 is 2.23 bits per heavy atom. The minimum atomic E-state index is -1.04. The number of carboxylic acids is 1. The number of piperidine rings is 1. The molecule has 1 aliphatic rings. The smallest absolute Gasteiger partial charge is 0.339 e. The van der Waals surface area contributed by atoms with Gasteiger partial charge in [0.2, 0.25) is 5.91 Å². The third-order valence-corrected chi connectivity index (χ3v) is 4.63. The minimum Gasteiger partial charge on any atom is -0.478 e. The number of likely N-dealkylation sites (tertiary alicyclic amines) is 1. The highest BCUT2D eigenvalue weighted by molar-refractivity contribution is 5.89. The summed E-state index contributed by atoms with van der Waals surface area (Å²) in [5.74, 6) is -1.17. The lowest BCUT2D eigenvalue weighted by molar-refractivity contribution is -0.140. The fourth-order valence-electron chi connectivity index (χ4n) is 3.39. The van der Waals surface area contributed by atoms with Crippen LogP contribution in [-0.2, 0) is 16.1 Å². The van der Waals surface area contributed by atoms with E-state index in [-0.39, 0.29) is 24.1 Å². The van der Waals surface area contributed by atoms with Crippen molar-refractivity contribution in [3.05, 3.63) is 52.8 Å². The number of ether oxygens (including phenoxy) is 1. The fourth-order valence-corrected chi connectivity index (χ4v) is 3.39. The van der Waals surface area contributed by atoms with Gasteiger partial charge in [-0.2, -0.15) is 5.10 Å². The number of rotatable bonds is 6. The second kappa shape index (κ2) is 8.14. The quantitative estimate of drug-likeness (QED) is 0.829. The van der Waals surface area contributed by atoms with Crippen LogP contribution in [0.15, 0.2) is 30.5 Å². The van der Waals surface area contributed by atoms with E-state index in [1.165, 1.54) is 6.20 Å². The lowest BCUT2D eigenvalue weighted by Crippen LogP contribution is -2.41. The van der Waals surface area contributed by atoms with Gasteiger partial charge < -0.3 is 14.7 Å². The molecule has 2 aromatic rings. The Labute approximate surface area is 152 Å². The van der Waals surface area contributed by atoms with Crippen molar-refractivity contribution >= 4 is 11.9 Å². The monoisotopic (exact) mass is 357 g/mol. The molecule has 1 fully saturated rings. The van der Waals surface area contributed by atoms with Crippen LogP contribution in [0.3, 0.4) is 0 Å². The summed E-state index contributed by atoms with van der Waals surface area (Å²) in [4.78, 5) is 25.7. The Morgan fingerprint density at radius 3 is 3.00 bits per heavy atom. The number of aryl methyl sites for hydroxylation is 1. The molecule has 0 aliphatic carbocycles. The molecule has 1 amide bonds. The molecule has 3 rings (SSSR count). The Hall–Kier alpha value is -2.67. The molecule has 0 saturated carbocycles. The molecule has 2 N–H and O–H groups in total. The number of hydrogen-bond acceptors (Lipinski definition) is 4. The molecule has 1 unspecified atom stereocenters. The Kier molecular flexibility index (Phi) is 5.68. The molecular weight excluding hydrogens is 334 g/mol. The van der Waals surface area contributed by atoms with Gasteiger partial charge in [-0.25, -0.2) is 4.79 Å². The largest absolute Gasteiger partial charge is 0.478 e. The second-order valence-electron chi connectivity index (χ2n) is 6.58. The number of carbonyl (C=O) groups excluding carboxylic acids is 1. The average Bonchev–Trinajstić information content (AvgIpc) is 3.11. The summed E-state index contributed by atoms with van der Waals surface area (Å²) in [7, 11) is 0. The van der Waals surface area contributed by atoms with Crippen molar-refractivity contribution in [1.29, 1.82) is 0 Å². The number of aromatic amines is 1. The van der Waals surface area contributed by atoms with Gasteiger partial charge in [-0.15, -0.1) is 0 Å². The molecule has 7 nitrogen and oxygen atoms in total. The lowest BCUT2D eigenvalue weighted by Gasteiger charge is -2.35. The van der Waals surface area contributed by atoms with E-state index in [9.17, 15) is 14.7 Å². The summed E-state index contributed by atoms with van der Waals surface area (Å²) < 4.78 is 5.60. The molecular formula is C19H23N3O4. The van der Waals surface area contributed by atoms with Crippen molar-refractivity contribution in [2.24, 2.45) is 0 Å². The van der Waals surface area contributed by atoms with Gasteiger partial charge in [0.15, 0.2) is 0 Å². The van der Waals surface area contributed by atoms with Crippen molar-refractivity contribution in [2.45, 2.75) is 38.8 Å². The standard InChI is InChI=1S/C19H23N3O4/c1-13-5-4-6-14(9-13)11-26-12-17(23)22-8-3-2-7-16(22)18-15(19(24)25)10-20-21-18/h4-6,9-10,16H,2-3,7-8,11-12H2,1H3,(H,20,21)(H,24,25). The molecule has 26 heavy (non-hydrogen) atoms. The summed E-state index contributed by atoms with van der Waals surface area (Å²) in [6, 6.07) is 7.66. The first-order valence-corrected chi connectivity index (χ1v) is 8.75. The van der Waals surface area contributed by atoms with Crippen LogP contribution in [0, 0.1) is 6.92 Å². The van der Waals surface area contributed by atoms with E-state index in [0.29, 0.717) is 25.3 Å². The van der Waals surface area contributed by atoms with E-state index in [1.54, 1.807) is 4.90 Å². The van der Waals surface area contributed by atoms with Crippen molar-refractivity contribution < 1.29 is 19.4 Å². The van der Waals surface area contributed by atoms with Crippen LogP contribution in [-0.4, -0.2) is 45.2 Å². The first-order valence-electron chi connectivity index (χ1n) is 8.75. The number of carboxylic acid groups (broad SMARTS) is 1. The van der Waals surface area contributed by atoms with Crippen LogP contribution in [0.2, 0.25) is 0 Å². The first-order chi connectivity index (χ1) is 12.6. The van der Waals surface area contributed by atoms with Crippen LogP contribution in [0.25, 0.3) is 0 Å². The molecule has 2 heterocycles. The minimum absolute atomic E-state index is 0.0268. The van der Waals surface area contributed by atoms with Gasteiger partial charge in [-0.1, -0.05) is 29.8 Å². The third-order valence-electron chi connectivity index (χ3n) is 4.63. The average molecular weight is 357 g/mol. The molecule has 138 valence electrons. The number of aromatic nitrogens is 2. The number of H-pyrrole nitrogens is 1. The highest BCUT2D eigenvalue weighted by Gasteiger charge is 2.32. The van der Waals surface area contributed by atoms with Gasteiger partial charge in [0.05, 0.1) is 24.5 Å². The van der Waals surface area contributed by atoms with E-state index in [1.807, 2.05) is 31.2 Å². The maximum Gasteiger partial charge on any atom is 0.339 e. The first kappa shape index (κ1) is 18.1. The second-order valence-corrected chi connectivity index (χ2v) is 6.58. The van der Waals surface area contributed by atoms with E-state index in [4.69, 9.17) is 4.74 Å². The zero-order chi connectivity index (χ0) is 18.5. The third kappa shape index (κ3) is 4.11. The number of hydrogen-bond donors (Lipinski definition) is 2. The SMILES string of the molecule is Cc1cccc(COCC(=O)N2CCCCC2c2[nH]ncc2C(=O)O)c1. The van der Waals surface area contributed by atoms with E-state index < -0.39 is 5.97 Å². The van der Waals surface area contributed by atoms with Crippen LogP contribution in [0.1, 0.15) is 52.5 Å². The molecule has 7 heteroatoms. The van der Waals surface area contributed by atoms with Crippen molar-refractivity contribution in [2.75, 3.05) is 13.2 Å². The van der Waals surface area contributed by atoms with Crippen LogP contribution < -0.4 is 0 Å². The normalized spacial score (nSPS) is 17.3. The summed E-state index contributed by atoms with van der Waals surface area (Å²) in [5.41, 5.74) is 2.78. The Morgan fingerprint density at radius 1 is 1.38 bits per heavy atom. The number of benzene rings is 1. The number of nitrogens with zero attached hydrogens (tertiary/aromatic N) is 2. The molecule has 1 aromatic heterocycles. The van der Waals surface area contributed by atoms with Crippen molar-refractivity contribution in [3.63, 3.8) is 0 Å². The van der Waals surface area contributed by atoms with Gasteiger partial charge in [0.1, 0.15) is 12.2 Å². The predicted octanol–water partition coefficient (Wildman–Crippen LogP) is 2.69. The zero-order valence-corrected chi connectivity index (χ0v) is 14.8. The Bertz CT molecular complexity index is 787. The summed E-state index contributed by atoms with van der Waals surface area (Å²) in [5, 5.41) is 15.9. The maximum atomic E-state index is 12.7. The molecule has 0 spiro atoms. The summed E-state index contributed by atoms with van der Waals surface area (Å²) in [6.07, 6.45) is 3.85. The van der Waals surface area contributed by atoms with Crippen LogP contribution in [0.5, 0.6) is 0 Å². The lowest BCUT2D eigenvalue weighted by atomic mass is 9.97. The fraction of sp³-hybridized carbons (Fsp3) is 0.421. The van der Waals surface area contributed by atoms with Crippen LogP contribution in [0.4, 0.5) is 0 Å². The Balaban J connectivity index is 1.64. The predicted molar refractivity (Wildman–Crippen MR) is 94.7 cm³/mol. The van der Waals surface area contributed by atoms with Gasteiger partial charge in [-0.05, 0) is 31.7 Å². The molecule has 0 bridgehead atoms. The molecule has 1 atom stereocenters. The van der Waals surface area contributed by atoms with Gasteiger partial charge in [-0.3, -0.25) is 9.89 Å². The number of nitrogens with one attached hydrogen (secondary N) is 1. The maximum absolute atomic E-state index is 12.7. The van der Waals surface area contributed by atoms with Gasteiger partial charge in [0, 0.05) is 6.54 Å². The zero-order valence-electron chi connectivity index (χ0n) is 14.8. The van der Waals surface area contributed by atoms with Crippen LogP contribution >= 0.6 is 0 Å². The van der Waals surface area contributed by atoms with Crippen molar-refractivity contribution in [1.82, 2.24) is 15.1 Å².